The molecule has 0 saturated heterocycles. The van der Waals surface area contributed by atoms with Crippen LogP contribution >= 0.6 is 0 Å². The van der Waals surface area contributed by atoms with Crippen LogP contribution in [0.2, 0.25) is 0 Å². The predicted molar refractivity (Wildman–Crippen MR) is 73.4 cm³/mol. The minimum Gasteiger partial charge on any atom is -0.375 e. The maximum absolute atomic E-state index is 6.23. The van der Waals surface area contributed by atoms with Crippen molar-refractivity contribution in [2.45, 2.75) is 70.0 Å². The van der Waals surface area contributed by atoms with Crippen molar-refractivity contribution in [2.24, 2.45) is 5.92 Å². The van der Waals surface area contributed by atoms with Crippen LogP contribution in [0.5, 0.6) is 0 Å². The summed E-state index contributed by atoms with van der Waals surface area (Å²) >= 11 is 0. The molecule has 0 N–H and O–H groups in total. The SMILES string of the molecule is C#CCOCC1CCC(OC2CCCCC2)CC1. The van der Waals surface area contributed by atoms with Gasteiger partial charge in [0.15, 0.2) is 0 Å². The Labute approximate surface area is 111 Å². The topological polar surface area (TPSA) is 18.5 Å². The maximum atomic E-state index is 6.23. The third kappa shape index (κ3) is 4.63. The van der Waals surface area contributed by atoms with E-state index in [1.165, 1.54) is 57.8 Å². The second-order valence-electron chi connectivity index (χ2n) is 5.76. The van der Waals surface area contributed by atoms with Gasteiger partial charge in [0.05, 0.1) is 18.8 Å². The van der Waals surface area contributed by atoms with Crippen LogP contribution in [0.4, 0.5) is 0 Å². The van der Waals surface area contributed by atoms with Gasteiger partial charge in [-0.25, -0.2) is 0 Å². The maximum Gasteiger partial charge on any atom is 0.107 e. The lowest BCUT2D eigenvalue weighted by molar-refractivity contribution is -0.0553. The van der Waals surface area contributed by atoms with Gasteiger partial charge in [0.2, 0.25) is 0 Å². The van der Waals surface area contributed by atoms with Gasteiger partial charge in [-0.1, -0.05) is 25.2 Å². The van der Waals surface area contributed by atoms with Crippen LogP contribution in [0.1, 0.15) is 57.8 Å². The molecule has 2 nitrogen and oxygen atoms in total. The summed E-state index contributed by atoms with van der Waals surface area (Å²) in [6.45, 7) is 1.29. The van der Waals surface area contributed by atoms with Gasteiger partial charge in [0, 0.05) is 0 Å². The van der Waals surface area contributed by atoms with Gasteiger partial charge >= 0.3 is 0 Å². The van der Waals surface area contributed by atoms with Gasteiger partial charge < -0.3 is 9.47 Å². The minimum absolute atomic E-state index is 0.457. The van der Waals surface area contributed by atoms with E-state index in [4.69, 9.17) is 15.9 Å². The lowest BCUT2D eigenvalue weighted by atomic mass is 9.87. The normalized spacial score (nSPS) is 29.9. The highest BCUT2D eigenvalue weighted by Crippen LogP contribution is 2.30. The molecular weight excluding hydrogens is 224 g/mol. The molecule has 102 valence electrons. The molecule has 2 heteroatoms. The van der Waals surface area contributed by atoms with Crippen molar-refractivity contribution in [3.63, 3.8) is 0 Å². The molecule has 0 heterocycles. The third-order valence-electron chi connectivity index (χ3n) is 4.27. The Morgan fingerprint density at radius 1 is 0.889 bits per heavy atom. The fourth-order valence-corrected chi connectivity index (χ4v) is 3.19. The third-order valence-corrected chi connectivity index (χ3v) is 4.27. The lowest BCUT2D eigenvalue weighted by Gasteiger charge is -2.32. The van der Waals surface area contributed by atoms with Crippen LogP contribution < -0.4 is 0 Å². The molecule has 0 aliphatic heterocycles. The fourth-order valence-electron chi connectivity index (χ4n) is 3.19. The lowest BCUT2D eigenvalue weighted by Crippen LogP contribution is -2.29. The molecule has 2 rings (SSSR count). The molecule has 0 aromatic rings. The van der Waals surface area contributed by atoms with Crippen molar-refractivity contribution < 1.29 is 9.47 Å². The summed E-state index contributed by atoms with van der Waals surface area (Å²) in [4.78, 5) is 0. The smallest absolute Gasteiger partial charge is 0.107 e. The van der Waals surface area contributed by atoms with E-state index in [-0.39, 0.29) is 0 Å². The van der Waals surface area contributed by atoms with Crippen LogP contribution in [0, 0.1) is 18.3 Å². The Hall–Kier alpha value is -0.520. The van der Waals surface area contributed by atoms with Gasteiger partial charge in [-0.3, -0.25) is 0 Å². The molecule has 2 saturated carbocycles. The number of hydrogen-bond acceptors (Lipinski definition) is 2. The minimum atomic E-state index is 0.457. The quantitative estimate of drug-likeness (QED) is 0.549. The zero-order chi connectivity index (χ0) is 12.6. The zero-order valence-corrected chi connectivity index (χ0v) is 11.4. The van der Waals surface area contributed by atoms with Crippen LogP contribution in [-0.4, -0.2) is 25.4 Å². The van der Waals surface area contributed by atoms with E-state index in [0.29, 0.717) is 24.7 Å². The molecule has 0 amide bonds. The summed E-state index contributed by atoms with van der Waals surface area (Å²) < 4.78 is 11.7. The Balaban J connectivity index is 1.59. The van der Waals surface area contributed by atoms with Crippen LogP contribution in [0.25, 0.3) is 0 Å². The molecule has 0 radical (unpaired) electrons. The molecule has 2 aliphatic carbocycles. The molecule has 0 spiro atoms. The molecule has 2 aliphatic rings. The van der Waals surface area contributed by atoms with E-state index in [1.54, 1.807) is 0 Å². The first-order valence-corrected chi connectivity index (χ1v) is 7.55. The Bertz CT molecular complexity index is 255. The largest absolute Gasteiger partial charge is 0.375 e. The van der Waals surface area contributed by atoms with E-state index in [1.807, 2.05) is 0 Å². The van der Waals surface area contributed by atoms with Gasteiger partial charge in [-0.05, 0) is 44.4 Å². The number of rotatable bonds is 5. The van der Waals surface area contributed by atoms with Crippen molar-refractivity contribution in [1.82, 2.24) is 0 Å². The molecule has 0 atom stereocenters. The van der Waals surface area contributed by atoms with Crippen LogP contribution in [0.15, 0.2) is 0 Å². The van der Waals surface area contributed by atoms with Crippen molar-refractivity contribution in [1.29, 1.82) is 0 Å². The summed E-state index contributed by atoms with van der Waals surface area (Å²) in [6.07, 6.45) is 17.8. The highest BCUT2D eigenvalue weighted by molar-refractivity contribution is 4.83. The number of hydrogen-bond donors (Lipinski definition) is 0. The van der Waals surface area contributed by atoms with Crippen molar-refractivity contribution >= 4 is 0 Å². The number of terminal acetylenes is 1. The first-order valence-electron chi connectivity index (χ1n) is 7.55. The second kappa shape index (κ2) is 7.81. The summed E-state index contributed by atoms with van der Waals surface area (Å²) in [5.41, 5.74) is 0. The van der Waals surface area contributed by atoms with Crippen molar-refractivity contribution in [3.05, 3.63) is 0 Å². The monoisotopic (exact) mass is 250 g/mol. The average Bonchev–Trinajstić information content (AvgIpc) is 2.42. The van der Waals surface area contributed by atoms with Crippen molar-refractivity contribution in [3.8, 4) is 12.3 Å². The molecule has 0 bridgehead atoms. The highest BCUT2D eigenvalue weighted by atomic mass is 16.5. The Kier molecular flexibility index (Phi) is 6.04. The van der Waals surface area contributed by atoms with Gasteiger partial charge in [0.25, 0.3) is 0 Å². The van der Waals surface area contributed by atoms with E-state index < -0.39 is 0 Å². The van der Waals surface area contributed by atoms with E-state index in [2.05, 4.69) is 5.92 Å². The second-order valence-corrected chi connectivity index (χ2v) is 5.76. The summed E-state index contributed by atoms with van der Waals surface area (Å²) in [5, 5.41) is 0. The first kappa shape index (κ1) is 13.9. The molecule has 18 heavy (non-hydrogen) atoms. The van der Waals surface area contributed by atoms with Gasteiger partial charge in [0.1, 0.15) is 6.61 Å². The molecule has 2 fully saturated rings. The van der Waals surface area contributed by atoms with Gasteiger partial charge in [-0.2, -0.15) is 0 Å². The van der Waals surface area contributed by atoms with Crippen LogP contribution in [0.3, 0.4) is 0 Å². The molecule has 0 aromatic carbocycles. The first-order chi connectivity index (χ1) is 8.88. The average molecular weight is 250 g/mol. The summed E-state index contributed by atoms with van der Waals surface area (Å²) in [6, 6.07) is 0. The van der Waals surface area contributed by atoms with E-state index >= 15 is 0 Å². The molecular formula is C16H26O2. The molecule has 0 aromatic heterocycles. The molecule has 0 unspecified atom stereocenters. The fraction of sp³-hybridized carbons (Fsp3) is 0.875. The van der Waals surface area contributed by atoms with Crippen molar-refractivity contribution in [2.75, 3.05) is 13.2 Å². The Morgan fingerprint density at radius 3 is 2.22 bits per heavy atom. The zero-order valence-electron chi connectivity index (χ0n) is 11.4. The highest BCUT2D eigenvalue weighted by Gasteiger charge is 2.25. The van der Waals surface area contributed by atoms with Gasteiger partial charge in [-0.15, -0.1) is 6.42 Å². The standard InChI is InChI=1S/C16H26O2/c1-2-12-17-13-14-8-10-16(11-9-14)18-15-6-4-3-5-7-15/h1,14-16H,3-13H2. The van der Waals surface area contributed by atoms with E-state index in [0.717, 1.165) is 6.61 Å². The summed E-state index contributed by atoms with van der Waals surface area (Å²) in [5.74, 6) is 3.22. The Morgan fingerprint density at radius 2 is 1.56 bits per heavy atom. The predicted octanol–water partition coefficient (Wildman–Crippen LogP) is 3.54. The summed E-state index contributed by atoms with van der Waals surface area (Å²) in [7, 11) is 0. The number of ether oxygens (including phenoxy) is 2. The van der Waals surface area contributed by atoms with E-state index in [9.17, 15) is 0 Å². The van der Waals surface area contributed by atoms with Crippen LogP contribution in [-0.2, 0) is 9.47 Å².